The number of hydrogen-bond acceptors (Lipinski definition) is 2. The fourth-order valence-electron chi connectivity index (χ4n) is 12.1. The molecule has 2 heteroatoms. The third-order valence-electron chi connectivity index (χ3n) is 15.3. The molecule has 0 heterocycles. The van der Waals surface area contributed by atoms with Gasteiger partial charge in [0.05, 0.1) is 0 Å². The van der Waals surface area contributed by atoms with Crippen molar-refractivity contribution in [3.8, 4) is 0 Å². The SMILES string of the molecule is CCCCCCCCCCCCCCCCC(=O)OC1CCC2(C)C(=CCC3C2CCC2(C)C(C(C)CCC(CC)C(C)C)CCC32)C1. The van der Waals surface area contributed by atoms with Crippen molar-refractivity contribution in [1.29, 1.82) is 0 Å². The lowest BCUT2D eigenvalue weighted by Crippen LogP contribution is -2.51. The molecular weight excluding hydrogens is 585 g/mol. The zero-order valence-corrected chi connectivity index (χ0v) is 33.4. The van der Waals surface area contributed by atoms with Crippen LogP contribution in [0, 0.1) is 52.3 Å². The van der Waals surface area contributed by atoms with Crippen LogP contribution in [0.1, 0.15) is 215 Å². The Kier molecular flexibility index (Phi) is 16.4. The lowest BCUT2D eigenvalue weighted by molar-refractivity contribution is -0.151. The summed E-state index contributed by atoms with van der Waals surface area (Å²) in [6.07, 6.45) is 36.8. The van der Waals surface area contributed by atoms with Crippen molar-refractivity contribution in [2.75, 3.05) is 0 Å². The zero-order chi connectivity index (χ0) is 34.6. The number of unbranched alkanes of at least 4 members (excludes halogenated alkanes) is 13. The Hall–Kier alpha value is -0.790. The Morgan fingerprint density at radius 3 is 2.00 bits per heavy atom. The smallest absolute Gasteiger partial charge is 0.306 e. The van der Waals surface area contributed by atoms with Gasteiger partial charge in [-0.3, -0.25) is 4.79 Å². The molecule has 3 saturated carbocycles. The fraction of sp³-hybridized carbons (Fsp3) is 0.935. The first-order valence-electron chi connectivity index (χ1n) is 22.0. The maximum atomic E-state index is 12.8. The van der Waals surface area contributed by atoms with Gasteiger partial charge >= 0.3 is 5.97 Å². The molecule has 4 aliphatic carbocycles. The summed E-state index contributed by atoms with van der Waals surface area (Å²) < 4.78 is 6.14. The van der Waals surface area contributed by atoms with Gasteiger partial charge in [0.1, 0.15) is 6.10 Å². The van der Waals surface area contributed by atoms with Crippen molar-refractivity contribution in [1.82, 2.24) is 0 Å². The largest absolute Gasteiger partial charge is 0.462 e. The molecule has 0 aromatic carbocycles. The minimum Gasteiger partial charge on any atom is -0.462 e. The zero-order valence-electron chi connectivity index (χ0n) is 33.4. The van der Waals surface area contributed by atoms with Gasteiger partial charge in [-0.25, -0.2) is 0 Å². The Bertz CT molecular complexity index is 965. The molecular formula is C46H82O2. The molecule has 48 heavy (non-hydrogen) atoms. The van der Waals surface area contributed by atoms with Gasteiger partial charge in [0, 0.05) is 12.8 Å². The summed E-state index contributed by atoms with van der Waals surface area (Å²) in [4.78, 5) is 12.8. The van der Waals surface area contributed by atoms with E-state index in [1.165, 1.54) is 141 Å². The standard InChI is InChI=1S/C46H82O2/c1-8-10-11-12-13-14-15-16-17-18-19-20-21-22-23-44(47)48-39-30-32-45(6)38(34-39)26-27-40-42-29-28-41(46(42,7)33-31-43(40)45)36(5)24-25-37(9-2)35(3)4/h26,35-37,39-43H,8-25,27-34H2,1-7H3. The van der Waals surface area contributed by atoms with E-state index >= 15 is 0 Å². The molecule has 4 rings (SSSR count). The van der Waals surface area contributed by atoms with E-state index in [0.717, 1.165) is 60.7 Å². The molecule has 0 bridgehead atoms. The number of hydrogen-bond donors (Lipinski definition) is 0. The topological polar surface area (TPSA) is 26.3 Å². The fourth-order valence-corrected chi connectivity index (χ4v) is 12.1. The minimum absolute atomic E-state index is 0.0648. The first-order valence-corrected chi connectivity index (χ1v) is 22.0. The molecule has 9 atom stereocenters. The number of fused-ring (bicyclic) bond motifs is 5. The van der Waals surface area contributed by atoms with Crippen LogP contribution in [0.2, 0.25) is 0 Å². The normalized spacial score (nSPS) is 32.7. The lowest BCUT2D eigenvalue weighted by Gasteiger charge is -2.58. The van der Waals surface area contributed by atoms with Crippen LogP contribution >= 0.6 is 0 Å². The number of esters is 1. The first-order chi connectivity index (χ1) is 23.1. The van der Waals surface area contributed by atoms with Crippen molar-refractivity contribution in [3.05, 3.63) is 11.6 Å². The van der Waals surface area contributed by atoms with E-state index in [0.29, 0.717) is 17.3 Å². The number of rotatable bonds is 22. The monoisotopic (exact) mass is 667 g/mol. The molecule has 0 radical (unpaired) electrons. The van der Waals surface area contributed by atoms with Crippen LogP contribution < -0.4 is 0 Å². The molecule has 0 amide bonds. The van der Waals surface area contributed by atoms with Gasteiger partial charge in [-0.15, -0.1) is 0 Å². The van der Waals surface area contributed by atoms with Crippen LogP contribution in [0.4, 0.5) is 0 Å². The van der Waals surface area contributed by atoms with E-state index in [9.17, 15) is 4.79 Å². The van der Waals surface area contributed by atoms with Crippen molar-refractivity contribution >= 4 is 5.97 Å². The van der Waals surface area contributed by atoms with E-state index in [4.69, 9.17) is 4.74 Å². The van der Waals surface area contributed by atoms with Gasteiger partial charge < -0.3 is 4.74 Å². The second-order valence-electron chi connectivity index (χ2n) is 18.7. The van der Waals surface area contributed by atoms with Crippen LogP contribution in [-0.4, -0.2) is 12.1 Å². The van der Waals surface area contributed by atoms with Gasteiger partial charge in [0.25, 0.3) is 0 Å². The van der Waals surface area contributed by atoms with Crippen molar-refractivity contribution in [2.45, 2.75) is 222 Å². The van der Waals surface area contributed by atoms with Gasteiger partial charge in [-0.2, -0.15) is 0 Å². The van der Waals surface area contributed by atoms with Crippen molar-refractivity contribution in [2.24, 2.45) is 52.3 Å². The van der Waals surface area contributed by atoms with Crippen LogP contribution in [0.5, 0.6) is 0 Å². The quantitative estimate of drug-likeness (QED) is 0.0653. The average Bonchev–Trinajstić information content (AvgIpc) is 3.42. The highest BCUT2D eigenvalue weighted by Crippen LogP contribution is 2.67. The first kappa shape index (κ1) is 40.0. The second kappa shape index (κ2) is 19.7. The summed E-state index contributed by atoms with van der Waals surface area (Å²) in [5, 5.41) is 0. The Balaban J connectivity index is 1.14. The molecule has 0 N–H and O–H groups in total. The van der Waals surface area contributed by atoms with Gasteiger partial charge in [-0.05, 0) is 110 Å². The van der Waals surface area contributed by atoms with Crippen molar-refractivity contribution < 1.29 is 9.53 Å². The van der Waals surface area contributed by atoms with Crippen LogP contribution in [0.25, 0.3) is 0 Å². The van der Waals surface area contributed by atoms with Gasteiger partial charge in [0.15, 0.2) is 0 Å². The molecule has 0 aromatic heterocycles. The maximum absolute atomic E-state index is 12.8. The molecule has 0 spiro atoms. The van der Waals surface area contributed by atoms with Crippen molar-refractivity contribution in [3.63, 3.8) is 0 Å². The van der Waals surface area contributed by atoms with E-state index in [-0.39, 0.29) is 12.1 Å². The number of allylic oxidation sites excluding steroid dienone is 1. The summed E-state index contributed by atoms with van der Waals surface area (Å²) >= 11 is 0. The number of carbonyl (C=O) groups excluding carboxylic acids is 1. The summed E-state index contributed by atoms with van der Waals surface area (Å²) in [6, 6.07) is 0. The van der Waals surface area contributed by atoms with E-state index in [1.54, 1.807) is 5.57 Å². The van der Waals surface area contributed by atoms with E-state index in [1.807, 2.05) is 0 Å². The predicted molar refractivity (Wildman–Crippen MR) is 207 cm³/mol. The lowest BCUT2D eigenvalue weighted by atomic mass is 9.47. The molecule has 0 aliphatic heterocycles. The summed E-state index contributed by atoms with van der Waals surface area (Å²) in [5.41, 5.74) is 2.52. The van der Waals surface area contributed by atoms with Gasteiger partial charge in [-0.1, -0.05) is 156 Å². The van der Waals surface area contributed by atoms with Crippen LogP contribution in [0.3, 0.4) is 0 Å². The highest BCUT2D eigenvalue weighted by Gasteiger charge is 2.59. The van der Waals surface area contributed by atoms with Gasteiger partial charge in [0.2, 0.25) is 0 Å². The molecule has 0 aromatic rings. The summed E-state index contributed by atoms with van der Waals surface area (Å²) in [7, 11) is 0. The summed E-state index contributed by atoms with van der Waals surface area (Å²) in [5.74, 6) is 6.18. The summed E-state index contributed by atoms with van der Waals surface area (Å²) in [6.45, 7) is 17.5. The maximum Gasteiger partial charge on any atom is 0.306 e. The molecule has 278 valence electrons. The van der Waals surface area contributed by atoms with Crippen LogP contribution in [0.15, 0.2) is 11.6 Å². The minimum atomic E-state index is 0.0648. The van der Waals surface area contributed by atoms with E-state index in [2.05, 4.69) is 54.5 Å². The molecule has 3 fully saturated rings. The third kappa shape index (κ3) is 10.4. The number of ether oxygens (including phenoxy) is 1. The number of carbonyl (C=O) groups is 1. The second-order valence-corrected chi connectivity index (χ2v) is 18.7. The Labute approximate surface area is 300 Å². The Morgan fingerprint density at radius 1 is 0.771 bits per heavy atom. The molecule has 0 saturated heterocycles. The highest BCUT2D eigenvalue weighted by molar-refractivity contribution is 5.69. The van der Waals surface area contributed by atoms with Crippen LogP contribution in [-0.2, 0) is 9.53 Å². The van der Waals surface area contributed by atoms with E-state index < -0.39 is 0 Å². The molecule has 4 aliphatic rings. The Morgan fingerprint density at radius 2 is 1.40 bits per heavy atom. The highest BCUT2D eigenvalue weighted by atomic mass is 16.5. The predicted octanol–water partition coefficient (Wildman–Crippen LogP) is 14.4. The third-order valence-corrected chi connectivity index (χ3v) is 15.3. The average molecular weight is 667 g/mol. The molecule has 9 unspecified atom stereocenters. The molecule has 2 nitrogen and oxygen atoms in total.